The molecule has 0 atom stereocenters. The molecule has 0 unspecified atom stereocenters. The number of esters is 1. The lowest BCUT2D eigenvalue weighted by Crippen LogP contribution is -2.13. The van der Waals surface area contributed by atoms with E-state index in [4.69, 9.17) is 0 Å². The first-order valence-corrected chi connectivity index (χ1v) is 3.57. The fourth-order valence-electron chi connectivity index (χ4n) is 0.884. The fraction of sp³-hybridized carbons (Fsp3) is 0.429. The lowest BCUT2D eigenvalue weighted by Gasteiger charge is -1.95. The Hall–Kier alpha value is -1.52. The van der Waals surface area contributed by atoms with Crippen LogP contribution in [0.2, 0.25) is 0 Å². The number of nitrogens with one attached hydrogen (secondary N) is 1. The first-order chi connectivity index (χ1) is 5.69. The summed E-state index contributed by atoms with van der Waals surface area (Å²) in [4.78, 5) is 21.9. The smallest absolute Gasteiger partial charge is 0.356 e. The van der Waals surface area contributed by atoms with Gasteiger partial charge in [0.1, 0.15) is 5.69 Å². The molecule has 1 N–H and O–H groups in total. The number of hydrogen-bond donors (Lipinski definition) is 1. The van der Waals surface area contributed by atoms with E-state index in [0.29, 0.717) is 6.54 Å². The molecule has 1 aromatic rings. The predicted octanol–water partition coefficient (Wildman–Crippen LogP) is -0.0171. The van der Waals surface area contributed by atoms with Crippen LogP contribution in [0.4, 0.5) is 0 Å². The Morgan fingerprint density at radius 2 is 2.42 bits per heavy atom. The van der Waals surface area contributed by atoms with Crippen molar-refractivity contribution in [2.45, 2.75) is 13.5 Å². The summed E-state index contributed by atoms with van der Waals surface area (Å²) in [5, 5.41) is 2.61. The second-order valence-corrected chi connectivity index (χ2v) is 2.24. The normalized spacial score (nSPS) is 9.83. The average Bonchev–Trinajstić information content (AvgIpc) is 2.45. The lowest BCUT2D eigenvalue weighted by molar-refractivity contribution is 0.0593. The van der Waals surface area contributed by atoms with Crippen LogP contribution in [0.1, 0.15) is 17.4 Å². The molecule has 1 rings (SSSR count). The Morgan fingerprint density at radius 1 is 1.75 bits per heavy atom. The van der Waals surface area contributed by atoms with Gasteiger partial charge in [-0.2, -0.15) is 0 Å². The number of aryl methyl sites for hydroxylation is 1. The Morgan fingerprint density at radius 3 is 2.83 bits per heavy atom. The second-order valence-electron chi connectivity index (χ2n) is 2.24. The summed E-state index contributed by atoms with van der Waals surface area (Å²) in [5.74, 6) is -0.528. The van der Waals surface area contributed by atoms with E-state index in [1.165, 1.54) is 17.9 Å². The summed E-state index contributed by atoms with van der Waals surface area (Å²) in [6.45, 7) is 2.31. The second kappa shape index (κ2) is 3.25. The molecule has 12 heavy (non-hydrogen) atoms. The van der Waals surface area contributed by atoms with Crippen LogP contribution in [0.3, 0.4) is 0 Å². The third kappa shape index (κ3) is 1.39. The molecule has 0 aliphatic carbocycles. The van der Waals surface area contributed by atoms with Gasteiger partial charge in [-0.3, -0.25) is 14.6 Å². The zero-order valence-corrected chi connectivity index (χ0v) is 6.96. The fourth-order valence-corrected chi connectivity index (χ4v) is 0.884. The summed E-state index contributed by atoms with van der Waals surface area (Å²) in [7, 11) is 1.27. The molecular formula is C7H10N2O3. The number of carbonyl (C=O) groups is 1. The molecule has 0 saturated heterocycles. The number of ether oxygens (including phenoxy) is 1. The molecule has 0 radical (unpaired) electrons. The first-order valence-electron chi connectivity index (χ1n) is 3.57. The highest BCUT2D eigenvalue weighted by atomic mass is 16.5. The van der Waals surface area contributed by atoms with Crippen molar-refractivity contribution in [1.82, 2.24) is 9.78 Å². The van der Waals surface area contributed by atoms with Crippen LogP contribution in [0, 0.1) is 0 Å². The van der Waals surface area contributed by atoms with Crippen molar-refractivity contribution < 1.29 is 9.53 Å². The molecule has 0 amide bonds. The minimum Gasteiger partial charge on any atom is -0.464 e. The van der Waals surface area contributed by atoms with E-state index in [1.807, 2.05) is 0 Å². The Labute approximate surface area is 68.9 Å². The highest BCUT2D eigenvalue weighted by molar-refractivity contribution is 5.86. The molecule has 66 valence electrons. The van der Waals surface area contributed by atoms with Gasteiger partial charge in [0.25, 0.3) is 5.56 Å². The standard InChI is InChI=1S/C7H10N2O3/c1-3-9-6(10)4-5(8-9)7(11)12-2/h4,8H,3H2,1-2H3. The summed E-state index contributed by atoms with van der Waals surface area (Å²) in [6.07, 6.45) is 0. The van der Waals surface area contributed by atoms with Gasteiger partial charge < -0.3 is 4.74 Å². The van der Waals surface area contributed by atoms with Crippen molar-refractivity contribution in [3.8, 4) is 0 Å². The SMILES string of the molecule is CCn1[nH]c(C(=O)OC)cc1=O. The monoisotopic (exact) mass is 170 g/mol. The number of nitrogens with zero attached hydrogens (tertiary/aromatic N) is 1. The number of methoxy groups -OCH3 is 1. The zero-order chi connectivity index (χ0) is 9.14. The van der Waals surface area contributed by atoms with E-state index in [0.717, 1.165) is 0 Å². The lowest BCUT2D eigenvalue weighted by atomic mass is 10.4. The number of aromatic amines is 1. The van der Waals surface area contributed by atoms with Gasteiger partial charge in [-0.1, -0.05) is 0 Å². The highest BCUT2D eigenvalue weighted by Crippen LogP contribution is 1.92. The molecular weight excluding hydrogens is 160 g/mol. The Bertz CT molecular complexity index is 337. The number of H-pyrrole nitrogens is 1. The van der Waals surface area contributed by atoms with E-state index in [-0.39, 0.29) is 11.3 Å². The quantitative estimate of drug-likeness (QED) is 0.634. The van der Waals surface area contributed by atoms with Gasteiger partial charge in [0.05, 0.1) is 7.11 Å². The largest absolute Gasteiger partial charge is 0.464 e. The highest BCUT2D eigenvalue weighted by Gasteiger charge is 2.09. The van der Waals surface area contributed by atoms with Crippen LogP contribution in [0.25, 0.3) is 0 Å². The van der Waals surface area contributed by atoms with Crippen molar-refractivity contribution in [2.75, 3.05) is 7.11 Å². The number of rotatable bonds is 2. The summed E-state index contributed by atoms with van der Waals surface area (Å²) < 4.78 is 5.75. The maximum absolute atomic E-state index is 11.0. The van der Waals surface area contributed by atoms with Gasteiger partial charge in [0.2, 0.25) is 0 Å². The van der Waals surface area contributed by atoms with Crippen molar-refractivity contribution in [3.05, 3.63) is 22.1 Å². The van der Waals surface area contributed by atoms with E-state index in [2.05, 4.69) is 9.84 Å². The molecule has 5 nitrogen and oxygen atoms in total. The minimum atomic E-state index is -0.528. The molecule has 0 bridgehead atoms. The molecule has 0 fully saturated rings. The number of carbonyl (C=O) groups excluding carboxylic acids is 1. The van der Waals surface area contributed by atoms with E-state index < -0.39 is 5.97 Å². The van der Waals surface area contributed by atoms with Crippen LogP contribution in [-0.2, 0) is 11.3 Å². The zero-order valence-electron chi connectivity index (χ0n) is 6.96. The topological polar surface area (TPSA) is 64.1 Å². The van der Waals surface area contributed by atoms with Crippen molar-refractivity contribution in [1.29, 1.82) is 0 Å². The molecule has 0 aliphatic heterocycles. The maximum atomic E-state index is 11.0. The Balaban J connectivity index is 3.05. The average molecular weight is 170 g/mol. The van der Waals surface area contributed by atoms with Crippen LogP contribution >= 0.6 is 0 Å². The number of aromatic nitrogens is 2. The van der Waals surface area contributed by atoms with E-state index in [9.17, 15) is 9.59 Å². The van der Waals surface area contributed by atoms with Gasteiger partial charge >= 0.3 is 5.97 Å². The maximum Gasteiger partial charge on any atom is 0.356 e. The van der Waals surface area contributed by atoms with Crippen LogP contribution < -0.4 is 5.56 Å². The van der Waals surface area contributed by atoms with Gasteiger partial charge in [0, 0.05) is 12.6 Å². The third-order valence-electron chi connectivity index (χ3n) is 1.51. The van der Waals surface area contributed by atoms with Crippen molar-refractivity contribution in [2.24, 2.45) is 0 Å². The van der Waals surface area contributed by atoms with Gasteiger partial charge in [0.15, 0.2) is 0 Å². The number of hydrogen-bond acceptors (Lipinski definition) is 3. The molecule has 0 spiro atoms. The molecule has 1 heterocycles. The van der Waals surface area contributed by atoms with Crippen LogP contribution in [-0.4, -0.2) is 22.9 Å². The summed E-state index contributed by atoms with van der Waals surface area (Å²) >= 11 is 0. The first kappa shape index (κ1) is 8.58. The Kier molecular flexibility index (Phi) is 2.32. The summed E-state index contributed by atoms with van der Waals surface area (Å²) in [6, 6.07) is 1.22. The van der Waals surface area contributed by atoms with E-state index in [1.54, 1.807) is 6.92 Å². The van der Waals surface area contributed by atoms with E-state index >= 15 is 0 Å². The molecule has 0 aliphatic rings. The molecule has 1 aromatic heterocycles. The van der Waals surface area contributed by atoms with Gasteiger partial charge in [-0.05, 0) is 6.92 Å². The minimum absolute atomic E-state index is 0.185. The third-order valence-corrected chi connectivity index (χ3v) is 1.51. The summed E-state index contributed by atoms with van der Waals surface area (Å²) in [5.41, 5.74) is -0.0396. The van der Waals surface area contributed by atoms with Crippen molar-refractivity contribution >= 4 is 5.97 Å². The molecule has 5 heteroatoms. The molecule has 0 aromatic carbocycles. The van der Waals surface area contributed by atoms with Crippen molar-refractivity contribution in [3.63, 3.8) is 0 Å². The van der Waals surface area contributed by atoms with Crippen LogP contribution in [0.15, 0.2) is 10.9 Å². The van der Waals surface area contributed by atoms with Crippen LogP contribution in [0.5, 0.6) is 0 Å². The molecule has 0 saturated carbocycles. The predicted molar refractivity (Wildman–Crippen MR) is 42.1 cm³/mol. The van der Waals surface area contributed by atoms with Gasteiger partial charge in [-0.25, -0.2) is 4.79 Å². The van der Waals surface area contributed by atoms with Gasteiger partial charge in [-0.15, -0.1) is 0 Å².